The Bertz CT molecular complexity index is 743. The van der Waals surface area contributed by atoms with E-state index in [0.717, 1.165) is 64.2 Å². The third-order valence-corrected chi connectivity index (χ3v) is 8.31. The van der Waals surface area contributed by atoms with Crippen molar-refractivity contribution in [3.05, 3.63) is 46.6 Å². The Morgan fingerprint density at radius 2 is 1.21 bits per heavy atom. The predicted molar refractivity (Wildman–Crippen MR) is 148 cm³/mol. The van der Waals surface area contributed by atoms with Gasteiger partial charge in [0.05, 0.1) is 0 Å². The first-order valence-corrected chi connectivity index (χ1v) is 13.6. The minimum Gasteiger partial charge on any atom is -0.333 e. The summed E-state index contributed by atoms with van der Waals surface area (Å²) in [6.07, 6.45) is 20.0. The predicted octanol–water partition coefficient (Wildman–Crippen LogP) is 8.79. The standard InChI is InChI=1S/C31H52N2O/c1-23(2)11-9-21-30(7,27-17-13-25(5)14-18-27)32-29(34)33-31(8,22-10-12-24(3)4)28-19-15-26(6)16-20-28/h11-13,15,27-28H,9-10,14,16-22H2,1-8H3,(H2,32,33,34). The molecule has 0 spiro atoms. The molecule has 0 heterocycles. The highest BCUT2D eigenvalue weighted by Crippen LogP contribution is 2.37. The van der Waals surface area contributed by atoms with Crippen molar-refractivity contribution in [1.82, 2.24) is 10.6 Å². The van der Waals surface area contributed by atoms with Crippen molar-refractivity contribution in [2.75, 3.05) is 0 Å². The second-order valence-electron chi connectivity index (χ2n) is 12.1. The zero-order chi connectivity index (χ0) is 25.4. The number of urea groups is 1. The smallest absolute Gasteiger partial charge is 0.315 e. The summed E-state index contributed by atoms with van der Waals surface area (Å²) < 4.78 is 0. The highest BCUT2D eigenvalue weighted by atomic mass is 16.2. The molecule has 2 rings (SSSR count). The molecule has 0 aromatic carbocycles. The van der Waals surface area contributed by atoms with Crippen molar-refractivity contribution < 1.29 is 4.79 Å². The van der Waals surface area contributed by atoms with Crippen molar-refractivity contribution in [3.8, 4) is 0 Å². The summed E-state index contributed by atoms with van der Waals surface area (Å²) in [5, 5.41) is 7.03. The lowest BCUT2D eigenvalue weighted by molar-refractivity contribution is 0.159. The van der Waals surface area contributed by atoms with Gasteiger partial charge in [0, 0.05) is 11.1 Å². The molecule has 3 nitrogen and oxygen atoms in total. The third kappa shape index (κ3) is 8.78. The van der Waals surface area contributed by atoms with Crippen LogP contribution in [0.25, 0.3) is 0 Å². The number of nitrogens with one attached hydrogen (secondary N) is 2. The third-order valence-electron chi connectivity index (χ3n) is 8.31. The molecule has 4 atom stereocenters. The lowest BCUT2D eigenvalue weighted by Gasteiger charge is -2.44. The van der Waals surface area contributed by atoms with Crippen molar-refractivity contribution in [1.29, 1.82) is 0 Å². The molecule has 4 unspecified atom stereocenters. The van der Waals surface area contributed by atoms with E-state index in [2.05, 4.69) is 90.3 Å². The van der Waals surface area contributed by atoms with Crippen molar-refractivity contribution in [2.45, 2.75) is 131 Å². The van der Waals surface area contributed by atoms with Gasteiger partial charge < -0.3 is 10.6 Å². The fourth-order valence-electron chi connectivity index (χ4n) is 5.70. The van der Waals surface area contributed by atoms with Crippen molar-refractivity contribution in [3.63, 3.8) is 0 Å². The Balaban J connectivity index is 2.19. The van der Waals surface area contributed by atoms with Crippen LogP contribution in [0.15, 0.2) is 46.6 Å². The van der Waals surface area contributed by atoms with Gasteiger partial charge in [0.1, 0.15) is 0 Å². The molecule has 0 radical (unpaired) electrons. The highest BCUT2D eigenvalue weighted by Gasteiger charge is 2.39. The first kappa shape index (κ1) is 28.5. The van der Waals surface area contributed by atoms with Crippen LogP contribution in [0.3, 0.4) is 0 Å². The van der Waals surface area contributed by atoms with Gasteiger partial charge in [-0.3, -0.25) is 0 Å². The average molecular weight is 469 g/mol. The topological polar surface area (TPSA) is 41.1 Å². The number of hydrogen-bond donors (Lipinski definition) is 2. The molecular formula is C31H52N2O. The molecule has 0 bridgehead atoms. The number of carbonyl (C=O) groups excluding carboxylic acids is 1. The van der Waals surface area contributed by atoms with E-state index in [1.807, 2.05) is 0 Å². The molecule has 0 saturated carbocycles. The summed E-state index contributed by atoms with van der Waals surface area (Å²) in [7, 11) is 0. The van der Waals surface area contributed by atoms with Gasteiger partial charge in [-0.1, -0.05) is 46.6 Å². The number of amides is 2. The normalized spacial score (nSPS) is 24.0. The molecule has 192 valence electrons. The van der Waals surface area contributed by atoms with E-state index in [0.29, 0.717) is 11.8 Å². The number of carbonyl (C=O) groups is 1. The molecule has 0 aromatic heterocycles. The Morgan fingerprint density at radius 1 is 0.824 bits per heavy atom. The quantitative estimate of drug-likeness (QED) is 0.309. The van der Waals surface area contributed by atoms with Crippen LogP contribution in [-0.4, -0.2) is 17.1 Å². The fourth-order valence-corrected chi connectivity index (χ4v) is 5.70. The number of allylic oxidation sites excluding steroid dienone is 8. The van der Waals surface area contributed by atoms with Crippen molar-refractivity contribution in [2.24, 2.45) is 11.8 Å². The molecular weight excluding hydrogens is 416 g/mol. The largest absolute Gasteiger partial charge is 0.333 e. The van der Waals surface area contributed by atoms with E-state index in [4.69, 9.17) is 0 Å². The van der Waals surface area contributed by atoms with Crippen LogP contribution >= 0.6 is 0 Å². The Labute approximate surface area is 210 Å². The highest BCUT2D eigenvalue weighted by molar-refractivity contribution is 5.75. The maximum atomic E-state index is 13.6. The van der Waals surface area contributed by atoms with E-state index in [-0.39, 0.29) is 17.1 Å². The van der Waals surface area contributed by atoms with Gasteiger partial charge >= 0.3 is 6.03 Å². The zero-order valence-corrected chi connectivity index (χ0v) is 23.4. The van der Waals surface area contributed by atoms with E-state index in [9.17, 15) is 4.79 Å². The summed E-state index contributed by atoms with van der Waals surface area (Å²) in [6, 6.07) is 0.0111. The van der Waals surface area contributed by atoms with Gasteiger partial charge in [-0.05, 0) is 131 Å². The SMILES string of the molecule is CC(C)=CCCC(C)(NC(=O)NC(C)(CCC=C(C)C)C1CC=C(C)CC1)C1CC=C(C)CC1. The molecule has 0 saturated heterocycles. The van der Waals surface area contributed by atoms with Crippen LogP contribution in [0, 0.1) is 11.8 Å². The van der Waals surface area contributed by atoms with Crippen LogP contribution in [0.2, 0.25) is 0 Å². The molecule has 34 heavy (non-hydrogen) atoms. The number of rotatable bonds is 10. The molecule has 0 fully saturated rings. The monoisotopic (exact) mass is 468 g/mol. The Hall–Kier alpha value is -1.77. The zero-order valence-electron chi connectivity index (χ0n) is 23.4. The Morgan fingerprint density at radius 3 is 1.50 bits per heavy atom. The van der Waals surface area contributed by atoms with Gasteiger partial charge in [0.25, 0.3) is 0 Å². The summed E-state index contributed by atoms with van der Waals surface area (Å²) in [5.41, 5.74) is 5.24. The first-order valence-electron chi connectivity index (χ1n) is 13.6. The van der Waals surface area contributed by atoms with Crippen LogP contribution < -0.4 is 10.6 Å². The summed E-state index contributed by atoms with van der Waals surface area (Å²) in [4.78, 5) is 13.6. The lowest BCUT2D eigenvalue weighted by atomic mass is 9.73. The fraction of sp³-hybridized carbons (Fsp3) is 0.710. The minimum absolute atomic E-state index is 0.0111. The van der Waals surface area contributed by atoms with Crippen LogP contribution in [0.4, 0.5) is 4.79 Å². The molecule has 0 aromatic rings. The van der Waals surface area contributed by atoms with Gasteiger partial charge in [0.15, 0.2) is 0 Å². The van der Waals surface area contributed by atoms with Crippen LogP contribution in [0.1, 0.15) is 120 Å². The van der Waals surface area contributed by atoms with Gasteiger partial charge in [-0.15, -0.1) is 0 Å². The first-order chi connectivity index (χ1) is 15.9. The van der Waals surface area contributed by atoms with E-state index in [1.165, 1.54) is 22.3 Å². The lowest BCUT2D eigenvalue weighted by Crippen LogP contribution is -2.60. The second-order valence-corrected chi connectivity index (χ2v) is 12.1. The molecule has 3 heteroatoms. The molecule has 2 aliphatic rings. The summed E-state index contributed by atoms with van der Waals surface area (Å²) >= 11 is 0. The van der Waals surface area contributed by atoms with E-state index in [1.54, 1.807) is 0 Å². The summed E-state index contributed by atoms with van der Waals surface area (Å²) in [6.45, 7) is 17.6. The van der Waals surface area contributed by atoms with Crippen LogP contribution in [0.5, 0.6) is 0 Å². The molecule has 2 aliphatic carbocycles. The van der Waals surface area contributed by atoms with Gasteiger partial charge in [-0.2, -0.15) is 0 Å². The number of hydrogen-bond acceptors (Lipinski definition) is 1. The second kappa shape index (κ2) is 12.8. The maximum absolute atomic E-state index is 13.6. The molecule has 0 aliphatic heterocycles. The molecule has 2 amide bonds. The maximum Gasteiger partial charge on any atom is 0.315 e. The van der Waals surface area contributed by atoms with E-state index >= 15 is 0 Å². The van der Waals surface area contributed by atoms with Crippen molar-refractivity contribution >= 4 is 6.03 Å². The van der Waals surface area contributed by atoms with Gasteiger partial charge in [0.2, 0.25) is 0 Å². The Kier molecular flexibility index (Phi) is 10.7. The van der Waals surface area contributed by atoms with E-state index < -0.39 is 0 Å². The average Bonchev–Trinajstić information content (AvgIpc) is 2.73. The molecule has 2 N–H and O–H groups in total. The van der Waals surface area contributed by atoms with Crippen LogP contribution in [-0.2, 0) is 0 Å². The minimum atomic E-state index is -0.211. The van der Waals surface area contributed by atoms with Gasteiger partial charge in [-0.25, -0.2) is 4.79 Å². The summed E-state index contributed by atoms with van der Waals surface area (Å²) in [5.74, 6) is 0.953.